The lowest BCUT2D eigenvalue weighted by atomic mass is 10.1. The van der Waals surface area contributed by atoms with Gasteiger partial charge in [-0.1, -0.05) is 30.4 Å². The van der Waals surface area contributed by atoms with Crippen LogP contribution in [0.5, 0.6) is 11.5 Å². The number of para-hydroxylation sites is 1. The molecule has 1 aliphatic heterocycles. The Morgan fingerprint density at radius 1 is 1.12 bits per heavy atom. The van der Waals surface area contributed by atoms with E-state index in [9.17, 15) is 4.79 Å². The molecule has 7 nitrogen and oxygen atoms in total. The molecule has 0 spiro atoms. The fourth-order valence-corrected chi connectivity index (χ4v) is 4.50. The highest BCUT2D eigenvalue weighted by molar-refractivity contribution is 7.07. The van der Waals surface area contributed by atoms with Crippen LogP contribution in [0, 0.1) is 0 Å². The molecule has 1 aromatic heterocycles. The molecular formula is C25H26N4O3S. The fourth-order valence-electron chi connectivity index (χ4n) is 3.67. The Labute approximate surface area is 196 Å². The van der Waals surface area contributed by atoms with Gasteiger partial charge in [-0.2, -0.15) is 5.10 Å². The van der Waals surface area contributed by atoms with Crippen LogP contribution >= 0.6 is 11.3 Å². The lowest BCUT2D eigenvalue weighted by molar-refractivity contribution is -0.112. The number of aromatic nitrogens is 1. The van der Waals surface area contributed by atoms with Crippen LogP contribution in [0.15, 0.2) is 70.1 Å². The molecule has 0 N–H and O–H groups in total. The molecule has 0 unspecified atom stereocenters. The Morgan fingerprint density at radius 2 is 1.91 bits per heavy atom. The number of ether oxygens (including phenoxy) is 2. The van der Waals surface area contributed by atoms with Crippen LogP contribution in [0.25, 0.3) is 11.3 Å². The zero-order valence-corrected chi connectivity index (χ0v) is 20.0. The van der Waals surface area contributed by atoms with E-state index in [1.165, 1.54) is 11.3 Å². The highest BCUT2D eigenvalue weighted by Crippen LogP contribution is 2.34. The number of benzene rings is 2. The number of amides is 1. The van der Waals surface area contributed by atoms with Gasteiger partial charge in [0, 0.05) is 29.1 Å². The number of anilines is 1. The number of nitrogens with zero attached hydrogens (tertiary/aromatic N) is 4. The van der Waals surface area contributed by atoms with Gasteiger partial charge in [0.25, 0.3) is 5.91 Å². The number of carbonyl (C=O) groups is 1. The normalized spacial score (nSPS) is 14.7. The van der Waals surface area contributed by atoms with Crippen LogP contribution in [0.4, 0.5) is 5.69 Å². The highest BCUT2D eigenvalue weighted by Gasteiger charge is 2.33. The first-order valence-electron chi connectivity index (χ1n) is 10.6. The minimum Gasteiger partial charge on any atom is -0.497 e. The molecular weight excluding hydrogens is 436 g/mol. The van der Waals surface area contributed by atoms with Crippen molar-refractivity contribution in [2.45, 2.75) is 13.8 Å². The van der Waals surface area contributed by atoms with Gasteiger partial charge in [0.05, 0.1) is 32.1 Å². The topological polar surface area (TPSA) is 68.4 Å². The van der Waals surface area contributed by atoms with E-state index in [4.69, 9.17) is 14.6 Å². The van der Waals surface area contributed by atoms with Crippen LogP contribution in [-0.2, 0) is 4.79 Å². The van der Waals surface area contributed by atoms with Crippen molar-refractivity contribution >= 4 is 28.6 Å². The molecule has 0 saturated carbocycles. The first-order chi connectivity index (χ1) is 16.0. The van der Waals surface area contributed by atoms with Gasteiger partial charge in [0.15, 0.2) is 5.71 Å². The fraction of sp³-hybridized carbons (Fsp3) is 0.240. The number of likely N-dealkylation sites (N-methyl/N-ethyl adjacent to an activating group) is 1. The van der Waals surface area contributed by atoms with Crippen molar-refractivity contribution in [1.82, 2.24) is 4.68 Å². The zero-order valence-electron chi connectivity index (χ0n) is 19.2. The number of carbonyl (C=O) groups excluding carboxylic acids is 1. The number of hydrogen-bond acceptors (Lipinski definition) is 6. The lowest BCUT2D eigenvalue weighted by Crippen LogP contribution is -2.30. The summed E-state index contributed by atoms with van der Waals surface area (Å²) in [7, 11) is 3.23. The molecule has 0 saturated heterocycles. The minimum absolute atomic E-state index is 0.129. The average Bonchev–Trinajstić information content (AvgIpc) is 3.35. The predicted octanol–water partition coefficient (Wildman–Crippen LogP) is 4.33. The van der Waals surface area contributed by atoms with E-state index in [1.54, 1.807) is 23.8 Å². The summed E-state index contributed by atoms with van der Waals surface area (Å²) in [5.74, 6) is 1.20. The van der Waals surface area contributed by atoms with E-state index in [-0.39, 0.29) is 5.91 Å². The Bertz CT molecular complexity index is 1320. The van der Waals surface area contributed by atoms with Crippen molar-refractivity contribution in [3.63, 3.8) is 0 Å². The molecule has 0 aliphatic carbocycles. The van der Waals surface area contributed by atoms with Crippen molar-refractivity contribution in [2.24, 2.45) is 10.1 Å². The third-order valence-electron chi connectivity index (χ3n) is 5.27. The van der Waals surface area contributed by atoms with Crippen molar-refractivity contribution < 1.29 is 14.3 Å². The first-order valence-corrected chi connectivity index (χ1v) is 11.4. The number of hydrogen-bond donors (Lipinski definition) is 0. The Kier molecular flexibility index (Phi) is 6.46. The molecule has 0 bridgehead atoms. The largest absolute Gasteiger partial charge is 0.497 e. The van der Waals surface area contributed by atoms with E-state index >= 15 is 0 Å². The summed E-state index contributed by atoms with van der Waals surface area (Å²) in [5.41, 5.74) is 4.58. The Balaban J connectivity index is 1.95. The van der Waals surface area contributed by atoms with Crippen molar-refractivity contribution in [1.29, 1.82) is 0 Å². The molecule has 4 rings (SSSR count). The van der Waals surface area contributed by atoms with E-state index in [0.717, 1.165) is 28.1 Å². The quantitative estimate of drug-likeness (QED) is 0.491. The summed E-state index contributed by atoms with van der Waals surface area (Å²) in [6, 6.07) is 13.3. The molecule has 2 aromatic carbocycles. The van der Waals surface area contributed by atoms with Crippen LogP contribution in [0.2, 0.25) is 0 Å². The zero-order chi connectivity index (χ0) is 23.5. The Hall–Kier alpha value is -3.65. The van der Waals surface area contributed by atoms with Crippen LogP contribution in [0.1, 0.15) is 19.4 Å². The maximum atomic E-state index is 13.3. The molecule has 1 amide bonds. The number of thiazole rings is 1. The van der Waals surface area contributed by atoms with Crippen LogP contribution < -0.4 is 19.2 Å². The van der Waals surface area contributed by atoms with Gasteiger partial charge in [-0.15, -0.1) is 11.3 Å². The van der Waals surface area contributed by atoms with Crippen molar-refractivity contribution in [2.75, 3.05) is 32.2 Å². The molecule has 1 aliphatic rings. The predicted molar refractivity (Wildman–Crippen MR) is 132 cm³/mol. The maximum Gasteiger partial charge on any atom is 0.279 e. The standard InChI is InChI=1S/C25H26N4O3S/c1-6-28-20-10-8-7-9-19(20)23(24(28)30)27-29-21(15-33-25(29)26-14-16(2)3)18-12-11-17(31-4)13-22(18)32-5/h7-13,15H,2,6,14H2,1,3-5H3. The average molecular weight is 463 g/mol. The van der Waals surface area contributed by atoms with Gasteiger partial charge in [-0.05, 0) is 32.0 Å². The molecule has 3 aromatic rings. The third-order valence-corrected chi connectivity index (χ3v) is 6.12. The molecule has 170 valence electrons. The van der Waals surface area contributed by atoms with Crippen molar-refractivity contribution in [3.8, 4) is 22.8 Å². The summed E-state index contributed by atoms with van der Waals surface area (Å²) in [6.07, 6.45) is 0. The van der Waals surface area contributed by atoms with Gasteiger partial charge in [-0.3, -0.25) is 9.79 Å². The number of rotatable bonds is 7. The smallest absolute Gasteiger partial charge is 0.279 e. The molecule has 0 atom stereocenters. The first kappa shape index (κ1) is 22.5. The summed E-state index contributed by atoms with van der Waals surface area (Å²) < 4.78 is 12.7. The van der Waals surface area contributed by atoms with E-state index in [1.807, 2.05) is 61.7 Å². The summed E-state index contributed by atoms with van der Waals surface area (Å²) >= 11 is 1.45. The van der Waals surface area contributed by atoms with Gasteiger partial charge in [0.2, 0.25) is 4.80 Å². The summed E-state index contributed by atoms with van der Waals surface area (Å²) in [6.45, 7) is 8.86. The van der Waals surface area contributed by atoms with Crippen LogP contribution in [0.3, 0.4) is 0 Å². The lowest BCUT2D eigenvalue weighted by Gasteiger charge is -2.13. The molecule has 2 heterocycles. The highest BCUT2D eigenvalue weighted by atomic mass is 32.1. The second kappa shape index (κ2) is 9.46. The number of fused-ring (bicyclic) bond motifs is 1. The van der Waals surface area contributed by atoms with E-state index < -0.39 is 0 Å². The minimum atomic E-state index is -0.129. The van der Waals surface area contributed by atoms with Gasteiger partial charge >= 0.3 is 0 Å². The SMILES string of the molecule is C=C(C)CN=c1scc(-c2ccc(OC)cc2OC)n1N=C1C(=O)N(CC)c2ccccc21. The molecule has 0 radical (unpaired) electrons. The number of methoxy groups -OCH3 is 2. The maximum absolute atomic E-state index is 13.3. The molecule has 0 fully saturated rings. The van der Waals surface area contributed by atoms with Gasteiger partial charge in [0.1, 0.15) is 11.5 Å². The van der Waals surface area contributed by atoms with Gasteiger partial charge < -0.3 is 14.4 Å². The molecule has 8 heteroatoms. The monoisotopic (exact) mass is 462 g/mol. The van der Waals surface area contributed by atoms with Crippen LogP contribution in [-0.4, -0.2) is 43.6 Å². The Morgan fingerprint density at radius 3 is 2.61 bits per heavy atom. The molecule has 33 heavy (non-hydrogen) atoms. The van der Waals surface area contributed by atoms with E-state index in [2.05, 4.69) is 11.6 Å². The van der Waals surface area contributed by atoms with E-state index in [0.29, 0.717) is 35.1 Å². The van der Waals surface area contributed by atoms with Gasteiger partial charge in [-0.25, -0.2) is 4.68 Å². The van der Waals surface area contributed by atoms with Crippen molar-refractivity contribution in [3.05, 3.63) is 70.4 Å². The third kappa shape index (κ3) is 4.21. The summed E-state index contributed by atoms with van der Waals surface area (Å²) in [5, 5.41) is 6.82. The second-order valence-corrected chi connectivity index (χ2v) is 8.41. The second-order valence-electron chi connectivity index (χ2n) is 7.57. The summed E-state index contributed by atoms with van der Waals surface area (Å²) in [4.78, 5) is 20.3.